The topological polar surface area (TPSA) is 59.7 Å². The highest BCUT2D eigenvalue weighted by Gasteiger charge is 2.64. The lowest BCUT2D eigenvalue weighted by Gasteiger charge is -2.25. The maximum atomic E-state index is 12.8. The van der Waals surface area contributed by atoms with E-state index in [-0.39, 0.29) is 12.4 Å². The first-order chi connectivity index (χ1) is 7.73. The van der Waals surface area contributed by atoms with Crippen molar-refractivity contribution in [2.75, 3.05) is 6.61 Å². The Balaban J connectivity index is 3.25. The first-order valence-electron chi connectivity index (χ1n) is 4.76. The molecule has 7 heteroatoms. The molecular formula is C10H11F3O4. The molecule has 0 amide bonds. The SMILES string of the molecule is CCOC(=O)[C@](O)(c1ccc(C)o1)C(F)(F)F. The highest BCUT2D eigenvalue weighted by molar-refractivity contribution is 5.81. The molecule has 0 unspecified atom stereocenters. The quantitative estimate of drug-likeness (QED) is 0.835. The number of carbonyl (C=O) groups is 1. The van der Waals surface area contributed by atoms with Gasteiger partial charge in [0.05, 0.1) is 6.61 Å². The van der Waals surface area contributed by atoms with Gasteiger partial charge in [-0.2, -0.15) is 13.2 Å². The van der Waals surface area contributed by atoms with Crippen LogP contribution in [0.3, 0.4) is 0 Å². The average molecular weight is 252 g/mol. The van der Waals surface area contributed by atoms with Crippen LogP contribution in [0.4, 0.5) is 13.2 Å². The second-order valence-electron chi connectivity index (χ2n) is 3.34. The Bertz CT molecular complexity index is 410. The van der Waals surface area contributed by atoms with E-state index in [0.29, 0.717) is 0 Å². The van der Waals surface area contributed by atoms with E-state index in [2.05, 4.69) is 9.15 Å². The van der Waals surface area contributed by atoms with Crippen molar-refractivity contribution in [2.45, 2.75) is 25.6 Å². The molecule has 0 aliphatic heterocycles. The number of carbonyl (C=O) groups excluding carboxylic acids is 1. The molecule has 0 fully saturated rings. The molecule has 96 valence electrons. The van der Waals surface area contributed by atoms with Crippen LogP contribution in [-0.2, 0) is 15.1 Å². The van der Waals surface area contributed by atoms with Crippen molar-refractivity contribution in [3.63, 3.8) is 0 Å². The van der Waals surface area contributed by atoms with Crippen molar-refractivity contribution in [1.82, 2.24) is 0 Å². The van der Waals surface area contributed by atoms with E-state index in [4.69, 9.17) is 0 Å². The van der Waals surface area contributed by atoms with Crippen molar-refractivity contribution >= 4 is 5.97 Å². The van der Waals surface area contributed by atoms with Gasteiger partial charge in [-0.05, 0) is 26.0 Å². The lowest BCUT2D eigenvalue weighted by Crippen LogP contribution is -2.49. The summed E-state index contributed by atoms with van der Waals surface area (Å²) in [5.41, 5.74) is -3.77. The number of hydrogen-bond acceptors (Lipinski definition) is 4. The molecule has 1 N–H and O–H groups in total. The van der Waals surface area contributed by atoms with Gasteiger partial charge in [0.1, 0.15) is 5.76 Å². The van der Waals surface area contributed by atoms with E-state index in [0.717, 1.165) is 6.07 Å². The molecule has 17 heavy (non-hydrogen) atoms. The lowest BCUT2D eigenvalue weighted by molar-refractivity contribution is -0.272. The highest BCUT2D eigenvalue weighted by atomic mass is 19.4. The van der Waals surface area contributed by atoms with Gasteiger partial charge in [-0.15, -0.1) is 0 Å². The molecular weight excluding hydrogens is 241 g/mol. The minimum atomic E-state index is -5.22. The third-order valence-corrected chi connectivity index (χ3v) is 2.08. The number of furan rings is 1. The molecule has 1 aromatic heterocycles. The monoisotopic (exact) mass is 252 g/mol. The van der Waals surface area contributed by atoms with Crippen LogP contribution < -0.4 is 0 Å². The summed E-state index contributed by atoms with van der Waals surface area (Å²) in [4.78, 5) is 11.3. The van der Waals surface area contributed by atoms with Crippen LogP contribution in [0.5, 0.6) is 0 Å². The van der Waals surface area contributed by atoms with E-state index in [1.807, 2.05) is 0 Å². The zero-order valence-corrected chi connectivity index (χ0v) is 9.17. The summed E-state index contributed by atoms with van der Waals surface area (Å²) in [5, 5.41) is 9.54. The summed E-state index contributed by atoms with van der Waals surface area (Å²) in [6, 6.07) is 2.10. The van der Waals surface area contributed by atoms with Crippen LogP contribution in [0.2, 0.25) is 0 Å². The Morgan fingerprint density at radius 2 is 2.06 bits per heavy atom. The fourth-order valence-electron chi connectivity index (χ4n) is 1.22. The van der Waals surface area contributed by atoms with E-state index in [9.17, 15) is 23.1 Å². The molecule has 0 bridgehead atoms. The lowest BCUT2D eigenvalue weighted by atomic mass is 10.0. The third kappa shape index (κ3) is 2.28. The Morgan fingerprint density at radius 3 is 2.41 bits per heavy atom. The molecule has 0 aliphatic carbocycles. The van der Waals surface area contributed by atoms with Gasteiger partial charge in [0.2, 0.25) is 0 Å². The fraction of sp³-hybridized carbons (Fsp3) is 0.500. The van der Waals surface area contributed by atoms with Crippen molar-refractivity contribution in [3.05, 3.63) is 23.7 Å². The predicted molar refractivity (Wildman–Crippen MR) is 50.0 cm³/mol. The summed E-state index contributed by atoms with van der Waals surface area (Å²) in [7, 11) is 0. The first kappa shape index (κ1) is 13.6. The molecule has 1 heterocycles. The van der Waals surface area contributed by atoms with Crippen LogP contribution in [-0.4, -0.2) is 23.9 Å². The van der Waals surface area contributed by atoms with Crippen LogP contribution in [0.15, 0.2) is 16.5 Å². The average Bonchev–Trinajstić information content (AvgIpc) is 2.62. The van der Waals surface area contributed by atoms with E-state index in [1.165, 1.54) is 19.9 Å². The molecule has 1 aromatic rings. The summed E-state index contributed by atoms with van der Waals surface area (Å²) in [6.45, 7) is 2.45. The van der Waals surface area contributed by atoms with Gasteiger partial charge in [0.25, 0.3) is 0 Å². The molecule has 4 nitrogen and oxygen atoms in total. The largest absolute Gasteiger partial charge is 0.463 e. The van der Waals surface area contributed by atoms with Crippen molar-refractivity contribution in [3.8, 4) is 0 Å². The Hall–Kier alpha value is -1.50. The molecule has 0 aromatic carbocycles. The fourth-order valence-corrected chi connectivity index (χ4v) is 1.22. The number of hydrogen-bond donors (Lipinski definition) is 1. The second kappa shape index (κ2) is 4.40. The van der Waals surface area contributed by atoms with Crippen molar-refractivity contribution in [1.29, 1.82) is 0 Å². The van der Waals surface area contributed by atoms with Gasteiger partial charge in [-0.25, -0.2) is 4.79 Å². The maximum absolute atomic E-state index is 12.8. The third-order valence-electron chi connectivity index (χ3n) is 2.08. The van der Waals surface area contributed by atoms with E-state index in [1.54, 1.807) is 0 Å². The van der Waals surface area contributed by atoms with Crippen molar-refractivity contribution in [2.24, 2.45) is 0 Å². The van der Waals surface area contributed by atoms with Gasteiger partial charge in [0, 0.05) is 0 Å². The minimum absolute atomic E-state index is 0.145. The van der Waals surface area contributed by atoms with Crippen LogP contribution in [0, 0.1) is 6.92 Å². The second-order valence-corrected chi connectivity index (χ2v) is 3.34. The molecule has 0 spiro atoms. The van der Waals surface area contributed by atoms with Crippen LogP contribution >= 0.6 is 0 Å². The smallest absolute Gasteiger partial charge is 0.435 e. The van der Waals surface area contributed by atoms with Gasteiger partial charge in [-0.3, -0.25) is 0 Å². The molecule has 1 atom stereocenters. The number of aryl methyl sites for hydroxylation is 1. The number of halogens is 3. The molecule has 0 aliphatic rings. The standard InChI is InChI=1S/C10H11F3O4/c1-3-16-8(14)9(15,10(11,12)13)7-5-4-6(2)17-7/h4-5,15H,3H2,1-2H3/t9-/m1/s1. The minimum Gasteiger partial charge on any atom is -0.463 e. The number of alkyl halides is 3. The normalized spacial score (nSPS) is 15.4. The van der Waals surface area contributed by atoms with Crippen molar-refractivity contribution < 1.29 is 32.2 Å². The number of esters is 1. The summed E-state index contributed by atoms with van der Waals surface area (Å²) >= 11 is 0. The summed E-state index contributed by atoms with van der Waals surface area (Å²) < 4.78 is 47.2. The Labute approximate surface area is 95.0 Å². The summed E-state index contributed by atoms with van der Waals surface area (Å²) in [6.07, 6.45) is -5.22. The predicted octanol–water partition coefficient (Wildman–Crippen LogP) is 1.90. The molecule has 0 saturated carbocycles. The number of ether oxygens (including phenoxy) is 1. The Morgan fingerprint density at radius 1 is 1.47 bits per heavy atom. The Kier molecular flexibility index (Phi) is 3.51. The van der Waals surface area contributed by atoms with Gasteiger partial charge in [-0.1, -0.05) is 0 Å². The van der Waals surface area contributed by atoms with Gasteiger partial charge in [0.15, 0.2) is 5.76 Å². The number of aliphatic hydroxyl groups is 1. The van der Waals surface area contributed by atoms with Gasteiger partial charge >= 0.3 is 17.7 Å². The summed E-state index contributed by atoms with van der Waals surface area (Å²) in [5.74, 6) is -2.56. The number of rotatable bonds is 3. The van der Waals surface area contributed by atoms with Gasteiger partial charge < -0.3 is 14.3 Å². The molecule has 1 rings (SSSR count). The van der Waals surface area contributed by atoms with Crippen LogP contribution in [0.1, 0.15) is 18.4 Å². The van der Waals surface area contributed by atoms with Crippen LogP contribution in [0.25, 0.3) is 0 Å². The molecule has 0 saturated heterocycles. The maximum Gasteiger partial charge on any atom is 0.435 e. The zero-order valence-electron chi connectivity index (χ0n) is 9.17. The van der Waals surface area contributed by atoms with E-state index >= 15 is 0 Å². The molecule has 0 radical (unpaired) electrons. The first-order valence-corrected chi connectivity index (χ1v) is 4.76. The van der Waals surface area contributed by atoms with E-state index < -0.39 is 23.5 Å². The highest BCUT2D eigenvalue weighted by Crippen LogP contribution is 2.40. The zero-order chi connectivity index (χ0) is 13.3.